The van der Waals surface area contributed by atoms with E-state index >= 15 is 0 Å². The van der Waals surface area contributed by atoms with E-state index < -0.39 is 0 Å². The molecule has 0 aliphatic heterocycles. The Balaban J connectivity index is 2.25. The van der Waals surface area contributed by atoms with Crippen LogP contribution in [0, 0.1) is 5.82 Å². The Kier molecular flexibility index (Phi) is 3.32. The molecule has 0 aromatic heterocycles. The highest BCUT2D eigenvalue weighted by Crippen LogP contribution is 2.16. The van der Waals surface area contributed by atoms with E-state index in [2.05, 4.69) is 4.99 Å². The Bertz CT molecular complexity index is 523. The van der Waals surface area contributed by atoms with Crippen molar-refractivity contribution in [2.24, 2.45) is 4.99 Å². The largest absolute Gasteiger partial charge is 0.256 e. The fraction of sp³-hybridized carbons (Fsp3) is 0. The number of rotatable bonds is 2. The van der Waals surface area contributed by atoms with Crippen molar-refractivity contribution in [3.8, 4) is 0 Å². The van der Waals surface area contributed by atoms with Crippen molar-refractivity contribution < 1.29 is 4.39 Å². The van der Waals surface area contributed by atoms with E-state index in [1.807, 2.05) is 18.2 Å². The molecule has 0 atom stereocenters. The summed E-state index contributed by atoms with van der Waals surface area (Å²) in [4.78, 5) is 4.15. The molecule has 1 nitrogen and oxygen atoms in total. The standard InChI is InChI=1S/C13H9ClFN/c14-13-7-2-1-4-10(13)9-16-12-6-3-5-11(15)8-12/h1-9H/b16-9+. The summed E-state index contributed by atoms with van der Waals surface area (Å²) >= 11 is 5.96. The van der Waals surface area contributed by atoms with E-state index in [1.165, 1.54) is 12.1 Å². The van der Waals surface area contributed by atoms with Crippen LogP contribution in [0.1, 0.15) is 5.56 Å². The van der Waals surface area contributed by atoms with Crippen molar-refractivity contribution >= 4 is 23.5 Å². The van der Waals surface area contributed by atoms with Crippen LogP contribution in [0.25, 0.3) is 0 Å². The van der Waals surface area contributed by atoms with Crippen molar-refractivity contribution in [2.75, 3.05) is 0 Å². The van der Waals surface area contributed by atoms with Gasteiger partial charge in [-0.3, -0.25) is 4.99 Å². The van der Waals surface area contributed by atoms with Crippen LogP contribution in [0.4, 0.5) is 10.1 Å². The summed E-state index contributed by atoms with van der Waals surface area (Å²) in [5, 5.41) is 0.627. The van der Waals surface area contributed by atoms with Gasteiger partial charge in [-0.1, -0.05) is 35.9 Å². The topological polar surface area (TPSA) is 12.4 Å². The smallest absolute Gasteiger partial charge is 0.125 e. The number of hydrogen-bond acceptors (Lipinski definition) is 1. The molecule has 0 saturated carbocycles. The predicted molar refractivity (Wildman–Crippen MR) is 65.1 cm³/mol. The zero-order valence-electron chi connectivity index (χ0n) is 8.40. The predicted octanol–water partition coefficient (Wildman–Crippen LogP) is 4.23. The highest BCUT2D eigenvalue weighted by molar-refractivity contribution is 6.33. The Labute approximate surface area is 98.2 Å². The van der Waals surface area contributed by atoms with Crippen molar-refractivity contribution in [1.82, 2.24) is 0 Å². The van der Waals surface area contributed by atoms with Gasteiger partial charge in [0, 0.05) is 16.8 Å². The molecule has 16 heavy (non-hydrogen) atoms. The van der Waals surface area contributed by atoms with Crippen molar-refractivity contribution in [1.29, 1.82) is 0 Å². The SMILES string of the molecule is Fc1cccc(/N=C/c2ccccc2Cl)c1. The molecule has 0 aliphatic rings. The number of hydrogen-bond donors (Lipinski definition) is 0. The van der Waals surface area contributed by atoms with Gasteiger partial charge in [-0.25, -0.2) is 4.39 Å². The van der Waals surface area contributed by atoms with Crippen LogP contribution in [0.2, 0.25) is 5.02 Å². The molecule has 0 amide bonds. The van der Waals surface area contributed by atoms with Gasteiger partial charge in [0.05, 0.1) is 5.69 Å². The molecular formula is C13H9ClFN. The minimum Gasteiger partial charge on any atom is -0.256 e. The molecule has 2 rings (SSSR count). The van der Waals surface area contributed by atoms with Gasteiger partial charge >= 0.3 is 0 Å². The lowest BCUT2D eigenvalue weighted by Crippen LogP contribution is -1.81. The van der Waals surface area contributed by atoms with Crippen LogP contribution < -0.4 is 0 Å². The van der Waals surface area contributed by atoms with Gasteiger partial charge in [0.15, 0.2) is 0 Å². The van der Waals surface area contributed by atoms with E-state index in [1.54, 1.807) is 24.4 Å². The first-order valence-corrected chi connectivity index (χ1v) is 5.18. The lowest BCUT2D eigenvalue weighted by molar-refractivity contribution is 0.628. The van der Waals surface area contributed by atoms with Gasteiger partial charge in [0.2, 0.25) is 0 Å². The lowest BCUT2D eigenvalue weighted by Gasteiger charge is -1.96. The summed E-state index contributed by atoms with van der Waals surface area (Å²) in [5.74, 6) is -0.297. The second-order valence-corrected chi connectivity index (χ2v) is 3.67. The molecular weight excluding hydrogens is 225 g/mol. The lowest BCUT2D eigenvalue weighted by atomic mass is 10.2. The third kappa shape index (κ3) is 2.67. The maximum absolute atomic E-state index is 12.9. The molecule has 2 aromatic rings. The first kappa shape index (κ1) is 10.8. The van der Waals surface area contributed by atoms with E-state index in [0.29, 0.717) is 10.7 Å². The van der Waals surface area contributed by atoms with E-state index in [0.717, 1.165) is 5.56 Å². The second-order valence-electron chi connectivity index (χ2n) is 3.26. The fourth-order valence-corrected chi connectivity index (χ4v) is 1.46. The Morgan fingerprint density at radius 3 is 2.62 bits per heavy atom. The molecule has 0 unspecified atom stereocenters. The van der Waals surface area contributed by atoms with Gasteiger partial charge in [-0.2, -0.15) is 0 Å². The Morgan fingerprint density at radius 2 is 1.88 bits per heavy atom. The van der Waals surface area contributed by atoms with Gasteiger partial charge < -0.3 is 0 Å². The minimum absolute atomic E-state index is 0.297. The maximum atomic E-state index is 12.9. The normalized spacial score (nSPS) is 10.9. The van der Waals surface area contributed by atoms with Gasteiger partial charge in [-0.05, 0) is 24.3 Å². The van der Waals surface area contributed by atoms with Crippen LogP contribution >= 0.6 is 11.6 Å². The molecule has 0 bridgehead atoms. The average Bonchev–Trinajstić information content (AvgIpc) is 2.28. The number of aliphatic imine (C=N–C) groups is 1. The number of nitrogens with zero attached hydrogens (tertiary/aromatic N) is 1. The molecule has 0 radical (unpaired) electrons. The Morgan fingerprint density at radius 1 is 1.06 bits per heavy atom. The van der Waals surface area contributed by atoms with Crippen LogP contribution in [0.15, 0.2) is 53.5 Å². The van der Waals surface area contributed by atoms with E-state index in [4.69, 9.17) is 11.6 Å². The molecule has 0 saturated heterocycles. The molecule has 3 heteroatoms. The average molecular weight is 234 g/mol. The van der Waals surface area contributed by atoms with Gasteiger partial charge in [-0.15, -0.1) is 0 Å². The van der Waals surface area contributed by atoms with Gasteiger partial charge in [0.25, 0.3) is 0 Å². The van der Waals surface area contributed by atoms with Crippen LogP contribution in [-0.4, -0.2) is 6.21 Å². The zero-order valence-corrected chi connectivity index (χ0v) is 9.16. The molecule has 0 fully saturated rings. The van der Waals surface area contributed by atoms with E-state index in [-0.39, 0.29) is 5.82 Å². The van der Waals surface area contributed by atoms with Crippen LogP contribution in [0.5, 0.6) is 0 Å². The summed E-state index contributed by atoms with van der Waals surface area (Å²) in [6, 6.07) is 13.5. The highest BCUT2D eigenvalue weighted by Gasteiger charge is 1.95. The Hall–Kier alpha value is -1.67. The monoisotopic (exact) mass is 233 g/mol. The number of benzene rings is 2. The van der Waals surface area contributed by atoms with Crippen LogP contribution in [0.3, 0.4) is 0 Å². The molecule has 2 aromatic carbocycles. The molecule has 0 N–H and O–H groups in total. The summed E-state index contributed by atoms with van der Waals surface area (Å²) in [6.45, 7) is 0. The summed E-state index contributed by atoms with van der Waals surface area (Å²) in [5.41, 5.74) is 1.38. The quantitative estimate of drug-likeness (QED) is 0.689. The van der Waals surface area contributed by atoms with Gasteiger partial charge in [0.1, 0.15) is 5.82 Å². The molecule has 0 heterocycles. The first-order valence-electron chi connectivity index (χ1n) is 4.80. The van der Waals surface area contributed by atoms with Crippen molar-refractivity contribution in [2.45, 2.75) is 0 Å². The zero-order chi connectivity index (χ0) is 11.4. The van der Waals surface area contributed by atoms with E-state index in [9.17, 15) is 4.39 Å². The van der Waals surface area contributed by atoms with Crippen LogP contribution in [-0.2, 0) is 0 Å². The third-order valence-electron chi connectivity index (χ3n) is 2.07. The molecule has 0 aliphatic carbocycles. The summed E-state index contributed by atoms with van der Waals surface area (Å²) < 4.78 is 12.9. The fourth-order valence-electron chi connectivity index (χ4n) is 1.28. The first-order chi connectivity index (χ1) is 7.75. The summed E-state index contributed by atoms with van der Waals surface area (Å²) in [7, 11) is 0. The third-order valence-corrected chi connectivity index (χ3v) is 2.41. The minimum atomic E-state index is -0.297. The maximum Gasteiger partial charge on any atom is 0.125 e. The summed E-state index contributed by atoms with van der Waals surface area (Å²) in [6.07, 6.45) is 1.62. The molecule has 80 valence electrons. The van der Waals surface area contributed by atoms with Crippen molar-refractivity contribution in [3.63, 3.8) is 0 Å². The molecule has 0 spiro atoms. The second kappa shape index (κ2) is 4.90. The van der Waals surface area contributed by atoms with Crippen molar-refractivity contribution in [3.05, 3.63) is 64.9 Å². The number of halogens is 2. The highest BCUT2D eigenvalue weighted by atomic mass is 35.5.